The van der Waals surface area contributed by atoms with E-state index in [2.05, 4.69) is 104 Å². The molecular weight excluding hydrogens is 2010 g/mol. The molecule has 131 heavy (non-hydrogen) atoms. The van der Waals surface area contributed by atoms with Crippen molar-refractivity contribution in [3.8, 4) is 0 Å². The third kappa shape index (κ3) is 19.2. The van der Waals surface area contributed by atoms with Crippen molar-refractivity contribution in [1.29, 1.82) is 0 Å². The number of nitrogens with one attached hydrogen (secondary N) is 5. The number of nitrogens with zero attached hydrogens (tertiary/aromatic N) is 19. The highest BCUT2D eigenvalue weighted by atomic mass is 32.7. The number of imidazole rings is 6. The second-order valence-corrected chi connectivity index (χ2v) is 48.5. The van der Waals surface area contributed by atoms with E-state index in [1.165, 1.54) is 77.8 Å². The van der Waals surface area contributed by atoms with E-state index in [9.17, 15) is 43.4 Å². The van der Waals surface area contributed by atoms with Crippen LogP contribution < -0.4 is 61.2 Å². The molecule has 8 unspecified atom stereocenters. The number of aromatic amines is 1. The fourth-order valence-electron chi connectivity index (χ4n) is 16.0. The summed E-state index contributed by atoms with van der Waals surface area (Å²) in [6.45, 7) is -26.2. The van der Waals surface area contributed by atoms with Gasteiger partial charge in [-0.25, -0.2) is 72.2 Å². The Hall–Kier alpha value is -6.76. The first-order valence-corrected chi connectivity index (χ1v) is 55.3. The fourth-order valence-corrected chi connectivity index (χ4v) is 26.5. The van der Waals surface area contributed by atoms with E-state index in [0.717, 1.165) is 11.8 Å². The van der Waals surface area contributed by atoms with Crippen molar-refractivity contribution in [2.75, 3.05) is 73.2 Å². The first-order chi connectivity index (χ1) is 62.2. The van der Waals surface area contributed by atoms with Gasteiger partial charge in [0.05, 0.1) is 118 Å². The molecule has 2 amide bonds. The second-order valence-electron chi connectivity index (χ2n) is 30.3. The number of amides is 2. The predicted molar refractivity (Wildman–Crippen MR) is 465 cm³/mol. The molecule has 0 radical (unpaired) electrons. The number of nitrogens with two attached hydrogens (primary N) is 6. The molecule has 71 heteroatoms. The molecule has 0 aromatic carbocycles. The monoisotopic (exact) mass is 2080 g/mol. The van der Waals surface area contributed by atoms with Crippen LogP contribution in [0.1, 0.15) is 94.3 Å². The van der Waals surface area contributed by atoms with Gasteiger partial charge in [0.1, 0.15) is 103 Å². The van der Waals surface area contributed by atoms with Gasteiger partial charge in [-0.15, -0.1) is 11.8 Å². The standard InChI is InChI=1S/C20H24F2N10O8P2S3.C20H26N10O9P2S2.C20H24N10O9P2S2/c21-8-7-2-37-42(35,44)39-12-6(38-18(9(12)22)31-4-27-10-14(23)25-3-26-15(10)31)1-36-41(34,43)40-13(8)19(45-7)32-5-28-11-16(32)29-20(24)30-17(11)33;2*21-15-17-23-3-9(30(17)26-6-24-15)10-2-11-13(37-10)5-35-41(33,43)39-12-1-8(4-34-40(32,42)38-11)36-19(12)29-7-25-14-16(29)27-20(22)28-18(14)31/h3-9,12-13,18-20,29H,1-2,24H2,(H,30,33)(H,34,43)(H,35,44)(H2,23,25,26);3,6-8,10-13,19-20,27H,1-2,4-5,22H2,(H,28,31)(H,32,42)(H,33,43)(H2,21,24,26);3,6-8,10-13,19H,1-2,4-5H2,(H,32,42)(H,33,43)(H2,21,24,26)(H3,22,27,28,31)/t6-,7-,8+,9+,12-,13-,18-,19-,20?,41?,42?;8-,10+,11-,12+,13+,19+,20?,40?,41?;8-,10+,11-,12+,13+,19+,40?,41?/m100/s1. The maximum atomic E-state index is 16.0. The lowest BCUT2D eigenvalue weighted by molar-refractivity contribution is -0.0557. The van der Waals surface area contributed by atoms with E-state index in [1.807, 2.05) is 0 Å². The van der Waals surface area contributed by atoms with Crippen LogP contribution in [0.3, 0.4) is 0 Å². The minimum absolute atomic E-state index is 0.000854. The van der Waals surface area contributed by atoms with Crippen molar-refractivity contribution in [1.82, 2.24) is 108 Å². The van der Waals surface area contributed by atoms with Gasteiger partial charge in [0.25, 0.3) is 17.4 Å². The van der Waals surface area contributed by atoms with E-state index in [1.54, 1.807) is 6.20 Å². The normalized spacial score (nSPS) is 38.1. The maximum absolute atomic E-state index is 16.0. The number of alkyl halides is 2. The molecule has 21 rings (SSSR count). The van der Waals surface area contributed by atoms with Crippen molar-refractivity contribution < 1.29 is 125 Å². The third-order valence-corrected chi connectivity index (χ3v) is 32.8. The average molecular weight is 2080 g/mol. The number of carbonyl (C=O) groups is 2. The van der Waals surface area contributed by atoms with E-state index in [4.69, 9.17) is 171 Å². The van der Waals surface area contributed by atoms with Gasteiger partial charge in [-0.1, -0.05) is 12.2 Å². The Morgan fingerprint density at radius 1 is 0.458 bits per heavy atom. The summed E-state index contributed by atoms with van der Waals surface area (Å²) in [5.74, 6) is -0.285. The zero-order valence-electron chi connectivity index (χ0n) is 66.1. The van der Waals surface area contributed by atoms with Crippen molar-refractivity contribution in [3.05, 3.63) is 89.8 Å². The Bertz CT molecular complexity index is 6500. The summed E-state index contributed by atoms with van der Waals surface area (Å²) in [5.41, 5.74) is 36.9. The molecular formula is C60H74F2N30O26P6S7. The van der Waals surface area contributed by atoms with Crippen LogP contribution in [0.4, 0.5) is 43.8 Å². The highest BCUT2D eigenvalue weighted by molar-refractivity contribution is 8.44. The summed E-state index contributed by atoms with van der Waals surface area (Å²) in [5, 5.41) is 17.1. The molecule has 11 aliphatic heterocycles. The highest BCUT2D eigenvalue weighted by Gasteiger charge is 2.56. The van der Waals surface area contributed by atoms with Crippen LogP contribution in [-0.4, -0.2) is 271 Å². The number of rotatable bonds is 6. The number of hydrogen-bond donors (Lipinski definition) is 17. The van der Waals surface area contributed by atoms with Crippen molar-refractivity contribution >= 4 is 204 Å². The highest BCUT2D eigenvalue weighted by Crippen LogP contribution is 2.62. The third-order valence-electron chi connectivity index (χ3n) is 21.7. The lowest BCUT2D eigenvalue weighted by atomic mass is 10.1. The number of carbonyl (C=O) groups excluding carboxylic acids is 2. The summed E-state index contributed by atoms with van der Waals surface area (Å²) in [7, 11) is 0. The molecule has 10 aromatic rings. The number of thioether (sulfide) groups is 1. The van der Waals surface area contributed by atoms with Crippen molar-refractivity contribution in [2.45, 2.75) is 159 Å². The van der Waals surface area contributed by atoms with Crippen LogP contribution >= 0.6 is 64.4 Å². The number of halogens is 2. The van der Waals surface area contributed by atoms with Gasteiger partial charge in [-0.3, -0.25) is 62.6 Å². The van der Waals surface area contributed by atoms with Crippen molar-refractivity contribution in [3.63, 3.8) is 0 Å². The summed E-state index contributed by atoms with van der Waals surface area (Å²) >= 11 is 31.6. The Labute approximate surface area is 766 Å². The molecule has 11 aliphatic rings. The molecule has 22 N–H and O–H groups in total. The zero-order valence-corrected chi connectivity index (χ0v) is 77.2. The molecule has 0 saturated carbocycles. The van der Waals surface area contributed by atoms with Crippen LogP contribution in [0.5, 0.6) is 0 Å². The van der Waals surface area contributed by atoms with Crippen LogP contribution in [-0.2, 0) is 142 Å². The maximum Gasteiger partial charge on any atom is 0.386 e. The minimum atomic E-state index is -4.27. The number of anilines is 6. The van der Waals surface area contributed by atoms with Gasteiger partial charge in [0, 0.05) is 25.7 Å². The average Bonchev–Trinajstić information content (AvgIpc) is 1.26. The lowest BCUT2D eigenvalue weighted by Gasteiger charge is -2.29. The van der Waals surface area contributed by atoms with Crippen molar-refractivity contribution in [2.24, 2.45) is 11.5 Å². The van der Waals surface area contributed by atoms with Crippen LogP contribution in [0.2, 0.25) is 0 Å². The topological polar surface area (TPSA) is 742 Å². The molecule has 9 saturated heterocycles. The largest absolute Gasteiger partial charge is 0.386 e. The van der Waals surface area contributed by atoms with Crippen LogP contribution in [0, 0.1) is 0 Å². The van der Waals surface area contributed by atoms with E-state index in [-0.39, 0.29) is 121 Å². The predicted octanol–water partition coefficient (Wildman–Crippen LogP) is 0.122. The molecule has 10 aromatic heterocycles. The molecule has 28 atom stereocenters. The van der Waals surface area contributed by atoms with Crippen LogP contribution in [0.15, 0.2) is 61.5 Å². The smallest absolute Gasteiger partial charge is 0.382 e. The van der Waals surface area contributed by atoms with Gasteiger partial charge in [0.2, 0.25) is 5.95 Å². The Morgan fingerprint density at radius 2 is 0.931 bits per heavy atom. The number of aromatic nitrogens is 20. The van der Waals surface area contributed by atoms with Gasteiger partial charge in [-0.05, 0) is 59.0 Å². The zero-order chi connectivity index (χ0) is 92.0. The number of nitrogen functional groups attached to an aromatic ring is 4. The SMILES string of the molecule is Nc1nc2c(ncn2[C@@H]2O[C@@H]3COP(O)(=S)O[C@H]4C[C@H](c5cnc6c(N)ncnn56)O[C@@H]4COP(=O)(S)O[C@@H]2C3)c(=O)[nH]1.Nc1ncnc2c1ncn2[C@@H]1O[C@@H]2COP(O)(=S)O[C@@H]3[C@@H](F)[C@@H](COP(O)(=S)O[C@H]2[C@@H]1F)S[C@H]3n1cnc2c1NC(N)NC2=O.Nc1ncnn2c([C@H]3C[C@@H]4OP(O)(=S)OC[C@@H]5C[C@@H](OP(O)(=S)OC[C@H]4O3)[C@H](n3cnc4c3NC(N)NC4=O)O5)cnc12. The number of ether oxygens (including phenoxy) is 5. The quantitative estimate of drug-likeness (QED) is 0.0776. The number of thiol groups is 1. The summed E-state index contributed by atoms with van der Waals surface area (Å²) in [6, 6.07) is 0. The van der Waals surface area contributed by atoms with Gasteiger partial charge in [0.15, 0.2) is 94.4 Å². The summed E-state index contributed by atoms with van der Waals surface area (Å²) < 4.78 is 153. The Balaban J connectivity index is 0.000000127. The Kier molecular flexibility index (Phi) is 25.8. The van der Waals surface area contributed by atoms with E-state index >= 15 is 8.78 Å². The Morgan fingerprint density at radius 3 is 1.52 bits per heavy atom. The summed E-state index contributed by atoms with van der Waals surface area (Å²) in [4.78, 5) is 139. The number of hydrogen-bond acceptors (Lipinski definition) is 48. The van der Waals surface area contributed by atoms with E-state index < -0.39 is 205 Å². The molecule has 706 valence electrons. The molecule has 6 bridgehead atoms. The first kappa shape index (κ1) is 93.3. The molecule has 9 fully saturated rings. The molecule has 0 aliphatic carbocycles. The van der Waals surface area contributed by atoms with Gasteiger partial charge < -0.3 is 133 Å². The van der Waals surface area contributed by atoms with Gasteiger partial charge >= 0.3 is 40.4 Å². The minimum Gasteiger partial charge on any atom is -0.382 e. The first-order valence-electron chi connectivity index (χ1n) is 38.7. The van der Waals surface area contributed by atoms with E-state index in [0.29, 0.717) is 22.7 Å². The number of fused-ring (bicyclic) bond motifs is 15. The van der Waals surface area contributed by atoms with Gasteiger partial charge in [-0.2, -0.15) is 15.2 Å². The van der Waals surface area contributed by atoms with Crippen LogP contribution in [0.25, 0.3) is 33.6 Å². The fraction of sp³-hybridized carbons (Fsp3) is 0.533. The molecule has 21 heterocycles. The lowest BCUT2D eigenvalue weighted by Crippen LogP contribution is -2.51. The second kappa shape index (κ2) is 36.3. The summed E-state index contributed by atoms with van der Waals surface area (Å²) in [6.07, 6.45) is -8.55. The number of H-pyrrole nitrogens is 1. The molecule has 56 nitrogen and oxygen atoms in total. The molecule has 0 spiro atoms.